The van der Waals surface area contributed by atoms with Gasteiger partial charge >= 0.3 is 0 Å². The highest BCUT2D eigenvalue weighted by molar-refractivity contribution is 5.79. The van der Waals surface area contributed by atoms with Crippen molar-refractivity contribution in [3.05, 3.63) is 59.5 Å². The van der Waals surface area contributed by atoms with E-state index in [2.05, 4.69) is 10.1 Å². The minimum absolute atomic E-state index is 0.0368. The third-order valence-electron chi connectivity index (χ3n) is 5.65. The third kappa shape index (κ3) is 4.61. The highest BCUT2D eigenvalue weighted by atomic mass is 16.5. The highest BCUT2D eigenvalue weighted by Gasteiger charge is 2.34. The van der Waals surface area contributed by atoms with Gasteiger partial charge in [-0.3, -0.25) is 4.79 Å². The number of hydrogen-bond acceptors (Lipinski definition) is 6. The molecule has 1 aliphatic heterocycles. The largest absolute Gasteiger partial charge is 0.490 e. The van der Waals surface area contributed by atoms with Gasteiger partial charge in [-0.2, -0.15) is 4.98 Å². The fraction of sp³-hybridized carbons (Fsp3) is 0.400. The summed E-state index contributed by atoms with van der Waals surface area (Å²) in [7, 11) is 0. The summed E-state index contributed by atoms with van der Waals surface area (Å²) in [5.41, 5.74) is 2.91. The van der Waals surface area contributed by atoms with E-state index in [0.717, 1.165) is 29.5 Å². The number of carbonyl (C=O) groups is 1. The lowest BCUT2D eigenvalue weighted by molar-refractivity contribution is -0.131. The minimum atomic E-state index is -0.193. The second-order valence-corrected chi connectivity index (χ2v) is 7.84. The lowest BCUT2D eigenvalue weighted by Gasteiger charge is -2.22. The first-order chi connectivity index (χ1) is 15.6. The van der Waals surface area contributed by atoms with Crippen molar-refractivity contribution in [3.63, 3.8) is 0 Å². The molecule has 0 saturated carbocycles. The summed E-state index contributed by atoms with van der Waals surface area (Å²) in [6.07, 6.45) is 2.00. The molecule has 0 N–H and O–H groups in total. The average molecular weight is 436 g/mol. The van der Waals surface area contributed by atoms with Gasteiger partial charge in [0.2, 0.25) is 17.6 Å². The van der Waals surface area contributed by atoms with E-state index in [-0.39, 0.29) is 18.4 Å². The van der Waals surface area contributed by atoms with E-state index in [1.165, 1.54) is 0 Å². The molecule has 2 heterocycles. The number of benzene rings is 2. The molecule has 32 heavy (non-hydrogen) atoms. The van der Waals surface area contributed by atoms with Crippen LogP contribution in [0.15, 0.2) is 47.0 Å². The summed E-state index contributed by atoms with van der Waals surface area (Å²) >= 11 is 0. The fourth-order valence-electron chi connectivity index (χ4n) is 4.11. The molecule has 3 aromatic rings. The maximum absolute atomic E-state index is 13.2. The van der Waals surface area contributed by atoms with Crippen molar-refractivity contribution in [2.24, 2.45) is 0 Å². The lowest BCUT2D eigenvalue weighted by atomic mass is 10.1. The molecular formula is C25H29N3O4. The van der Waals surface area contributed by atoms with Crippen molar-refractivity contribution in [3.8, 4) is 22.9 Å². The Morgan fingerprint density at radius 2 is 1.91 bits per heavy atom. The molecule has 7 heteroatoms. The molecule has 1 fully saturated rings. The molecule has 1 atom stereocenters. The van der Waals surface area contributed by atoms with Gasteiger partial charge in [0.25, 0.3) is 0 Å². The molecule has 0 radical (unpaired) electrons. The van der Waals surface area contributed by atoms with Crippen LogP contribution >= 0.6 is 0 Å². The van der Waals surface area contributed by atoms with Gasteiger partial charge in [0.05, 0.1) is 19.6 Å². The zero-order valence-electron chi connectivity index (χ0n) is 18.8. The molecule has 7 nitrogen and oxygen atoms in total. The summed E-state index contributed by atoms with van der Waals surface area (Å²) in [4.78, 5) is 19.7. The van der Waals surface area contributed by atoms with E-state index in [4.69, 9.17) is 14.0 Å². The molecule has 1 aliphatic rings. The second-order valence-electron chi connectivity index (χ2n) is 7.84. The Morgan fingerprint density at radius 3 is 2.69 bits per heavy atom. The number of ether oxygens (including phenoxy) is 2. The van der Waals surface area contributed by atoms with E-state index in [0.29, 0.717) is 43.0 Å². The maximum Gasteiger partial charge on any atom is 0.249 e. The first kappa shape index (κ1) is 21.9. The van der Waals surface area contributed by atoms with Gasteiger partial charge in [-0.15, -0.1) is 0 Å². The number of carbonyl (C=O) groups excluding carboxylic acids is 1. The standard InChI is InChI=1S/C25H29N3O4/c1-4-30-21-13-12-18(15-22(21)31-5-2)16-23(29)28-14-8-11-20(28)25-26-24(27-32-25)19-10-7-6-9-17(19)3/h6-7,9-10,12-13,15,20H,4-5,8,11,14,16H2,1-3H3/t20-/m0/s1. The van der Waals surface area contributed by atoms with E-state index in [1.807, 2.05) is 68.1 Å². The van der Waals surface area contributed by atoms with Gasteiger partial charge in [0.15, 0.2) is 11.5 Å². The van der Waals surface area contributed by atoms with Crippen LogP contribution in [0.3, 0.4) is 0 Å². The monoisotopic (exact) mass is 435 g/mol. The molecule has 0 spiro atoms. The molecule has 168 valence electrons. The number of hydrogen-bond donors (Lipinski definition) is 0. The van der Waals surface area contributed by atoms with Crippen molar-refractivity contribution in [1.29, 1.82) is 0 Å². The van der Waals surface area contributed by atoms with Crippen LogP contribution in [-0.4, -0.2) is 40.7 Å². The summed E-state index contributed by atoms with van der Waals surface area (Å²) in [5, 5.41) is 4.17. The molecule has 1 saturated heterocycles. The van der Waals surface area contributed by atoms with Crippen LogP contribution in [0.4, 0.5) is 0 Å². The van der Waals surface area contributed by atoms with Gasteiger partial charge in [0, 0.05) is 12.1 Å². The molecule has 0 bridgehead atoms. The van der Waals surface area contributed by atoms with Gasteiger partial charge in [0.1, 0.15) is 6.04 Å². The molecule has 4 rings (SSSR count). The number of likely N-dealkylation sites (tertiary alicyclic amines) is 1. The quantitative estimate of drug-likeness (QED) is 0.508. The van der Waals surface area contributed by atoms with Crippen molar-refractivity contribution >= 4 is 5.91 Å². The molecular weight excluding hydrogens is 406 g/mol. The fourth-order valence-corrected chi connectivity index (χ4v) is 4.11. The Morgan fingerprint density at radius 1 is 1.12 bits per heavy atom. The van der Waals surface area contributed by atoms with E-state index < -0.39 is 0 Å². The number of aromatic nitrogens is 2. The van der Waals surface area contributed by atoms with Crippen molar-refractivity contribution < 1.29 is 18.8 Å². The maximum atomic E-state index is 13.2. The van der Waals surface area contributed by atoms with Crippen LogP contribution in [0.1, 0.15) is 49.7 Å². The van der Waals surface area contributed by atoms with Crippen LogP contribution in [0.25, 0.3) is 11.4 Å². The first-order valence-corrected chi connectivity index (χ1v) is 11.2. The average Bonchev–Trinajstić information content (AvgIpc) is 3.46. The van der Waals surface area contributed by atoms with Crippen molar-refractivity contribution in [2.45, 2.75) is 46.1 Å². The molecule has 1 amide bonds. The topological polar surface area (TPSA) is 77.7 Å². The SMILES string of the molecule is CCOc1ccc(CC(=O)N2CCC[C@H]2c2nc(-c3ccccc3C)no2)cc1OCC. The molecule has 0 unspecified atom stereocenters. The Balaban J connectivity index is 1.50. The predicted octanol–water partition coefficient (Wildman–Crippen LogP) is 4.75. The first-order valence-electron chi connectivity index (χ1n) is 11.2. The van der Waals surface area contributed by atoms with Crippen LogP contribution in [0.2, 0.25) is 0 Å². The molecule has 0 aliphatic carbocycles. The Hall–Kier alpha value is -3.35. The Labute approximate surface area is 188 Å². The number of nitrogens with zero attached hydrogens (tertiary/aromatic N) is 3. The normalized spacial score (nSPS) is 15.7. The molecule has 2 aromatic carbocycles. The summed E-state index contributed by atoms with van der Waals surface area (Å²) in [6.45, 7) is 7.65. The zero-order valence-corrected chi connectivity index (χ0v) is 18.8. The minimum Gasteiger partial charge on any atom is -0.490 e. The summed E-state index contributed by atoms with van der Waals surface area (Å²) in [5.74, 6) is 2.45. The van der Waals surface area contributed by atoms with Crippen molar-refractivity contribution in [2.75, 3.05) is 19.8 Å². The predicted molar refractivity (Wildman–Crippen MR) is 121 cm³/mol. The highest BCUT2D eigenvalue weighted by Crippen LogP contribution is 2.34. The summed E-state index contributed by atoms with van der Waals surface area (Å²) < 4.78 is 16.9. The van der Waals surface area contributed by atoms with Crippen LogP contribution < -0.4 is 9.47 Å². The number of rotatable bonds is 8. The Bertz CT molecular complexity index is 1080. The van der Waals surface area contributed by atoms with Gasteiger partial charge in [-0.1, -0.05) is 35.5 Å². The van der Waals surface area contributed by atoms with E-state index >= 15 is 0 Å². The van der Waals surface area contributed by atoms with Crippen LogP contribution in [0.5, 0.6) is 11.5 Å². The van der Waals surface area contributed by atoms with Gasteiger partial charge < -0.3 is 18.9 Å². The number of amides is 1. The van der Waals surface area contributed by atoms with E-state index in [1.54, 1.807) is 0 Å². The summed E-state index contributed by atoms with van der Waals surface area (Å²) in [6, 6.07) is 13.4. The van der Waals surface area contributed by atoms with Gasteiger partial charge in [-0.25, -0.2) is 0 Å². The van der Waals surface area contributed by atoms with Crippen LogP contribution in [-0.2, 0) is 11.2 Å². The van der Waals surface area contributed by atoms with Gasteiger partial charge in [-0.05, 0) is 56.9 Å². The smallest absolute Gasteiger partial charge is 0.249 e. The lowest BCUT2D eigenvalue weighted by Crippen LogP contribution is -2.32. The van der Waals surface area contributed by atoms with E-state index in [9.17, 15) is 4.79 Å². The third-order valence-corrected chi connectivity index (χ3v) is 5.65. The van der Waals surface area contributed by atoms with Crippen molar-refractivity contribution in [1.82, 2.24) is 15.0 Å². The molecule has 1 aromatic heterocycles. The second kappa shape index (κ2) is 9.85. The number of aryl methyl sites for hydroxylation is 1. The van der Waals surface area contributed by atoms with Crippen LogP contribution in [0, 0.1) is 6.92 Å². The zero-order chi connectivity index (χ0) is 22.5. The Kier molecular flexibility index (Phi) is 6.73.